The molecule has 1 heterocycles. The molecule has 32 heavy (non-hydrogen) atoms. The van der Waals surface area contributed by atoms with Gasteiger partial charge in [0, 0.05) is 16.6 Å². The van der Waals surface area contributed by atoms with Crippen LogP contribution >= 0.6 is 11.8 Å². The molecule has 1 N–H and O–H groups in total. The highest BCUT2D eigenvalue weighted by molar-refractivity contribution is 8.18. The number of anilines is 1. The van der Waals surface area contributed by atoms with Crippen molar-refractivity contribution in [1.82, 2.24) is 4.90 Å². The summed E-state index contributed by atoms with van der Waals surface area (Å²) in [6.45, 7) is -0.375. The molecule has 1 aliphatic heterocycles. The van der Waals surface area contributed by atoms with Crippen LogP contribution in [0.15, 0.2) is 65.6 Å². The second-order valence-electron chi connectivity index (χ2n) is 6.95. The molecule has 0 aromatic heterocycles. The largest absolute Gasteiger partial charge is 0.497 e. The molecule has 1 fully saturated rings. The molecule has 0 radical (unpaired) electrons. The van der Waals surface area contributed by atoms with E-state index in [0.717, 1.165) is 27.4 Å². The van der Waals surface area contributed by atoms with Gasteiger partial charge in [0.25, 0.3) is 11.1 Å². The monoisotopic (exact) mass is 448 g/mol. The molecule has 0 unspecified atom stereocenters. The number of thioether (sulfide) groups is 1. The summed E-state index contributed by atoms with van der Waals surface area (Å²) in [7, 11) is 3.05. The third-order valence-corrected chi connectivity index (χ3v) is 5.87. The molecule has 4 rings (SSSR count). The molecule has 162 valence electrons. The first-order valence-corrected chi connectivity index (χ1v) is 10.6. The van der Waals surface area contributed by atoms with Crippen LogP contribution in [0.3, 0.4) is 0 Å². The Hall–Kier alpha value is -3.78. The molecule has 8 heteroatoms. The summed E-state index contributed by atoms with van der Waals surface area (Å²) in [5.74, 6) is 0.138. The maximum atomic E-state index is 12.8. The molecule has 0 aliphatic carbocycles. The minimum absolute atomic E-state index is 0.208. The summed E-state index contributed by atoms with van der Waals surface area (Å²) in [5.41, 5.74) is 1.22. The van der Waals surface area contributed by atoms with Gasteiger partial charge in [-0.2, -0.15) is 0 Å². The van der Waals surface area contributed by atoms with Gasteiger partial charge in [0.15, 0.2) is 0 Å². The lowest BCUT2D eigenvalue weighted by Gasteiger charge is -2.13. The zero-order valence-electron chi connectivity index (χ0n) is 17.5. The van der Waals surface area contributed by atoms with Crippen molar-refractivity contribution in [3.05, 3.63) is 71.1 Å². The number of imide groups is 1. The van der Waals surface area contributed by atoms with Gasteiger partial charge in [-0.15, -0.1) is 0 Å². The molecule has 0 spiro atoms. The molecule has 0 saturated carbocycles. The molecule has 3 amide bonds. The van der Waals surface area contributed by atoms with E-state index in [9.17, 15) is 14.4 Å². The number of rotatable bonds is 6. The standard InChI is InChI=1S/C24H20N2O5S/c1-30-17-10-11-20(31-2)16(12-17)13-21-23(28)26(24(29)32-21)14-22(27)25-19-9-5-7-15-6-3-4-8-18(15)19/h3-13H,14H2,1-2H3,(H,25,27)/b21-13+. The maximum absolute atomic E-state index is 12.8. The van der Waals surface area contributed by atoms with Crippen molar-refractivity contribution in [1.29, 1.82) is 0 Å². The van der Waals surface area contributed by atoms with E-state index in [1.165, 1.54) is 14.2 Å². The van der Waals surface area contributed by atoms with E-state index in [-0.39, 0.29) is 11.4 Å². The Morgan fingerprint density at radius 3 is 2.59 bits per heavy atom. The Bertz CT molecular complexity index is 1250. The van der Waals surface area contributed by atoms with Crippen molar-refractivity contribution < 1.29 is 23.9 Å². The summed E-state index contributed by atoms with van der Waals surface area (Å²) >= 11 is 0.782. The highest BCUT2D eigenvalue weighted by Crippen LogP contribution is 2.35. The average Bonchev–Trinajstić information content (AvgIpc) is 3.06. The lowest BCUT2D eigenvalue weighted by atomic mass is 10.1. The smallest absolute Gasteiger partial charge is 0.294 e. The average molecular weight is 449 g/mol. The Morgan fingerprint density at radius 2 is 1.81 bits per heavy atom. The van der Waals surface area contributed by atoms with Gasteiger partial charge in [0.2, 0.25) is 5.91 Å². The van der Waals surface area contributed by atoms with Crippen LogP contribution in [0.1, 0.15) is 5.56 Å². The predicted octanol–water partition coefficient (Wildman–Crippen LogP) is 4.53. The molecular formula is C24H20N2O5S. The van der Waals surface area contributed by atoms with E-state index in [1.807, 2.05) is 36.4 Å². The van der Waals surface area contributed by atoms with Gasteiger partial charge in [-0.05, 0) is 47.5 Å². The van der Waals surface area contributed by atoms with Crippen LogP contribution < -0.4 is 14.8 Å². The predicted molar refractivity (Wildman–Crippen MR) is 125 cm³/mol. The Kier molecular flexibility index (Phi) is 6.13. The highest BCUT2D eigenvalue weighted by Gasteiger charge is 2.36. The second kappa shape index (κ2) is 9.15. The van der Waals surface area contributed by atoms with Gasteiger partial charge in [0.05, 0.1) is 19.1 Å². The van der Waals surface area contributed by atoms with Gasteiger partial charge in [-0.25, -0.2) is 0 Å². The lowest BCUT2D eigenvalue weighted by Crippen LogP contribution is -2.36. The normalized spacial score (nSPS) is 14.8. The van der Waals surface area contributed by atoms with E-state index in [4.69, 9.17) is 9.47 Å². The van der Waals surface area contributed by atoms with Gasteiger partial charge >= 0.3 is 0 Å². The highest BCUT2D eigenvalue weighted by atomic mass is 32.2. The van der Waals surface area contributed by atoms with Crippen molar-refractivity contribution in [3.8, 4) is 11.5 Å². The van der Waals surface area contributed by atoms with Crippen LogP contribution in [0, 0.1) is 0 Å². The van der Waals surface area contributed by atoms with Gasteiger partial charge in [-0.3, -0.25) is 19.3 Å². The van der Waals surface area contributed by atoms with E-state index >= 15 is 0 Å². The van der Waals surface area contributed by atoms with Crippen molar-refractivity contribution in [3.63, 3.8) is 0 Å². The number of benzene rings is 3. The van der Waals surface area contributed by atoms with Crippen LogP contribution in [0.25, 0.3) is 16.8 Å². The minimum Gasteiger partial charge on any atom is -0.497 e. The van der Waals surface area contributed by atoms with Crippen LogP contribution in [-0.4, -0.2) is 42.7 Å². The minimum atomic E-state index is -0.530. The fourth-order valence-electron chi connectivity index (χ4n) is 3.40. The molecule has 7 nitrogen and oxygen atoms in total. The number of carbonyl (C=O) groups is 3. The Balaban J connectivity index is 1.52. The van der Waals surface area contributed by atoms with Crippen LogP contribution in [0.2, 0.25) is 0 Å². The van der Waals surface area contributed by atoms with E-state index < -0.39 is 17.1 Å². The zero-order chi connectivity index (χ0) is 22.7. The molecule has 1 saturated heterocycles. The number of amides is 3. The number of nitrogens with one attached hydrogen (secondary N) is 1. The third-order valence-electron chi connectivity index (χ3n) is 4.96. The summed E-state index contributed by atoms with van der Waals surface area (Å²) < 4.78 is 10.5. The van der Waals surface area contributed by atoms with Crippen molar-refractivity contribution in [2.24, 2.45) is 0 Å². The zero-order valence-corrected chi connectivity index (χ0v) is 18.3. The van der Waals surface area contributed by atoms with E-state index in [2.05, 4.69) is 5.32 Å². The molecule has 1 aliphatic rings. The molecule has 3 aromatic rings. The number of fused-ring (bicyclic) bond motifs is 1. The molecule has 3 aromatic carbocycles. The first-order valence-electron chi connectivity index (χ1n) is 9.75. The SMILES string of the molecule is COc1ccc(OC)c(/C=C2/SC(=O)N(CC(=O)Nc3cccc4ccccc34)C2=O)c1. The molecule has 0 atom stereocenters. The first-order chi connectivity index (χ1) is 15.5. The molecular weight excluding hydrogens is 428 g/mol. The summed E-state index contributed by atoms with van der Waals surface area (Å²) in [6.07, 6.45) is 1.56. The Morgan fingerprint density at radius 1 is 1.03 bits per heavy atom. The van der Waals surface area contributed by atoms with E-state index in [1.54, 1.807) is 30.3 Å². The topological polar surface area (TPSA) is 84.9 Å². The summed E-state index contributed by atoms with van der Waals surface area (Å²) in [5, 5.41) is 4.15. The fraction of sp³-hybridized carbons (Fsp3) is 0.125. The third kappa shape index (κ3) is 4.31. The van der Waals surface area contributed by atoms with Crippen molar-refractivity contribution in [2.75, 3.05) is 26.1 Å². The summed E-state index contributed by atoms with van der Waals surface area (Å²) in [6, 6.07) is 18.4. The Labute approximate surface area is 189 Å². The lowest BCUT2D eigenvalue weighted by molar-refractivity contribution is -0.127. The van der Waals surface area contributed by atoms with Crippen LogP contribution in [-0.2, 0) is 9.59 Å². The number of hydrogen-bond acceptors (Lipinski definition) is 6. The number of ether oxygens (including phenoxy) is 2. The number of carbonyl (C=O) groups excluding carboxylic acids is 3. The van der Waals surface area contributed by atoms with Gasteiger partial charge in [0.1, 0.15) is 18.0 Å². The van der Waals surface area contributed by atoms with Crippen molar-refractivity contribution in [2.45, 2.75) is 0 Å². The van der Waals surface area contributed by atoms with E-state index in [0.29, 0.717) is 22.7 Å². The van der Waals surface area contributed by atoms with Crippen molar-refractivity contribution >= 4 is 51.4 Å². The quantitative estimate of drug-likeness (QED) is 0.558. The van der Waals surface area contributed by atoms with Gasteiger partial charge in [-0.1, -0.05) is 36.4 Å². The van der Waals surface area contributed by atoms with Crippen LogP contribution in [0.4, 0.5) is 10.5 Å². The number of hydrogen-bond donors (Lipinski definition) is 1. The number of nitrogens with zero attached hydrogens (tertiary/aromatic N) is 1. The second-order valence-corrected chi connectivity index (χ2v) is 7.94. The number of methoxy groups -OCH3 is 2. The van der Waals surface area contributed by atoms with Gasteiger partial charge < -0.3 is 14.8 Å². The first kappa shape index (κ1) is 21.5. The van der Waals surface area contributed by atoms with Crippen LogP contribution in [0.5, 0.6) is 11.5 Å². The summed E-state index contributed by atoms with van der Waals surface area (Å²) in [4.78, 5) is 39.1. The molecule has 0 bridgehead atoms. The fourth-order valence-corrected chi connectivity index (χ4v) is 4.23. The maximum Gasteiger partial charge on any atom is 0.294 e.